The Labute approximate surface area is 148 Å². The normalized spacial score (nSPS) is 21.7. The fourth-order valence-electron chi connectivity index (χ4n) is 3.02. The SMILES string of the molecule is CN=C(NCC(C)N1CCOCC1C)NC(C)c1ccc(F)c(F)c1. The summed E-state index contributed by atoms with van der Waals surface area (Å²) in [6.07, 6.45) is 0. The highest BCUT2D eigenvalue weighted by Crippen LogP contribution is 2.16. The van der Waals surface area contributed by atoms with Crippen molar-refractivity contribution in [2.24, 2.45) is 4.99 Å². The average Bonchev–Trinajstić information content (AvgIpc) is 2.60. The maximum Gasteiger partial charge on any atom is 0.191 e. The molecule has 2 N–H and O–H groups in total. The number of nitrogens with one attached hydrogen (secondary N) is 2. The number of guanidine groups is 1. The Hall–Kier alpha value is -1.73. The van der Waals surface area contributed by atoms with Gasteiger partial charge >= 0.3 is 0 Å². The second-order valence-corrected chi connectivity index (χ2v) is 6.50. The van der Waals surface area contributed by atoms with Crippen LogP contribution in [0.4, 0.5) is 8.78 Å². The predicted molar refractivity (Wildman–Crippen MR) is 95.7 cm³/mol. The lowest BCUT2D eigenvalue weighted by atomic mass is 10.1. The van der Waals surface area contributed by atoms with E-state index in [0.717, 1.165) is 32.4 Å². The Kier molecular flexibility index (Phi) is 7.13. The molecule has 1 saturated heterocycles. The summed E-state index contributed by atoms with van der Waals surface area (Å²) in [5.41, 5.74) is 0.664. The Morgan fingerprint density at radius 2 is 2.12 bits per heavy atom. The van der Waals surface area contributed by atoms with Crippen LogP contribution in [0.3, 0.4) is 0 Å². The van der Waals surface area contributed by atoms with Crippen molar-refractivity contribution in [2.45, 2.75) is 38.9 Å². The Morgan fingerprint density at radius 1 is 1.36 bits per heavy atom. The molecule has 2 rings (SSSR count). The number of hydrogen-bond acceptors (Lipinski definition) is 3. The van der Waals surface area contributed by atoms with Crippen molar-refractivity contribution in [3.05, 3.63) is 35.4 Å². The van der Waals surface area contributed by atoms with Crippen LogP contribution in [0, 0.1) is 11.6 Å². The summed E-state index contributed by atoms with van der Waals surface area (Å²) in [6.45, 7) is 9.37. The van der Waals surface area contributed by atoms with Crippen molar-refractivity contribution < 1.29 is 13.5 Å². The van der Waals surface area contributed by atoms with E-state index in [2.05, 4.69) is 34.4 Å². The molecule has 1 aliphatic rings. The molecule has 1 aromatic carbocycles. The van der Waals surface area contributed by atoms with Gasteiger partial charge < -0.3 is 15.4 Å². The zero-order chi connectivity index (χ0) is 18.4. The summed E-state index contributed by atoms with van der Waals surface area (Å²) >= 11 is 0. The van der Waals surface area contributed by atoms with E-state index in [1.807, 2.05) is 6.92 Å². The zero-order valence-corrected chi connectivity index (χ0v) is 15.4. The van der Waals surface area contributed by atoms with Crippen molar-refractivity contribution >= 4 is 5.96 Å². The molecule has 3 unspecified atom stereocenters. The molecule has 1 aliphatic heterocycles. The molecule has 0 radical (unpaired) electrons. The van der Waals surface area contributed by atoms with Gasteiger partial charge in [0.1, 0.15) is 0 Å². The largest absolute Gasteiger partial charge is 0.379 e. The van der Waals surface area contributed by atoms with Crippen molar-refractivity contribution in [1.29, 1.82) is 0 Å². The second-order valence-electron chi connectivity index (χ2n) is 6.50. The summed E-state index contributed by atoms with van der Waals surface area (Å²) in [6, 6.07) is 4.44. The molecule has 0 aromatic heterocycles. The van der Waals surface area contributed by atoms with Crippen molar-refractivity contribution in [3.8, 4) is 0 Å². The van der Waals surface area contributed by atoms with E-state index in [4.69, 9.17) is 4.74 Å². The van der Waals surface area contributed by atoms with Crippen LogP contribution in [0.25, 0.3) is 0 Å². The molecule has 5 nitrogen and oxygen atoms in total. The van der Waals surface area contributed by atoms with Gasteiger partial charge in [0.2, 0.25) is 0 Å². The van der Waals surface area contributed by atoms with Gasteiger partial charge in [-0.3, -0.25) is 9.89 Å². The number of hydrogen-bond donors (Lipinski definition) is 2. The van der Waals surface area contributed by atoms with Crippen LogP contribution in [-0.2, 0) is 4.74 Å². The molecule has 25 heavy (non-hydrogen) atoms. The predicted octanol–water partition coefficient (Wildman–Crippen LogP) is 2.30. The second kappa shape index (κ2) is 9.10. The highest BCUT2D eigenvalue weighted by molar-refractivity contribution is 5.80. The van der Waals surface area contributed by atoms with E-state index in [-0.39, 0.29) is 6.04 Å². The third kappa shape index (κ3) is 5.37. The van der Waals surface area contributed by atoms with E-state index in [0.29, 0.717) is 23.6 Å². The Bertz CT molecular complexity index is 596. The summed E-state index contributed by atoms with van der Waals surface area (Å²) in [7, 11) is 1.69. The van der Waals surface area contributed by atoms with Gasteiger partial charge in [-0.2, -0.15) is 0 Å². The van der Waals surface area contributed by atoms with Gasteiger partial charge in [-0.1, -0.05) is 6.07 Å². The molecule has 0 bridgehead atoms. The Morgan fingerprint density at radius 3 is 2.76 bits per heavy atom. The number of morpholine rings is 1. The average molecular weight is 354 g/mol. The molecule has 3 atom stereocenters. The number of ether oxygens (including phenoxy) is 1. The van der Waals surface area contributed by atoms with Crippen molar-refractivity contribution in [3.63, 3.8) is 0 Å². The maximum atomic E-state index is 13.4. The van der Waals surface area contributed by atoms with Gasteiger partial charge in [0.25, 0.3) is 0 Å². The van der Waals surface area contributed by atoms with Gasteiger partial charge in [0.05, 0.1) is 19.3 Å². The molecular weight excluding hydrogens is 326 g/mol. The smallest absolute Gasteiger partial charge is 0.191 e. The maximum absolute atomic E-state index is 13.4. The third-order valence-corrected chi connectivity index (χ3v) is 4.57. The minimum Gasteiger partial charge on any atom is -0.379 e. The lowest BCUT2D eigenvalue weighted by molar-refractivity contribution is -0.0174. The van der Waals surface area contributed by atoms with Gasteiger partial charge in [0, 0.05) is 32.2 Å². The molecule has 0 saturated carbocycles. The first-order valence-electron chi connectivity index (χ1n) is 8.68. The van der Waals surface area contributed by atoms with E-state index in [1.165, 1.54) is 6.07 Å². The van der Waals surface area contributed by atoms with Gasteiger partial charge in [-0.15, -0.1) is 0 Å². The van der Waals surface area contributed by atoms with Crippen LogP contribution >= 0.6 is 0 Å². The standard InChI is InChI=1S/C18H28F2N4O/c1-12(24-7-8-25-11-13(24)2)10-22-18(21-4)23-14(3)15-5-6-16(19)17(20)9-15/h5-6,9,12-14H,7-8,10-11H2,1-4H3,(H2,21,22,23). The number of aliphatic imine (C=N–C) groups is 1. The topological polar surface area (TPSA) is 48.9 Å². The minimum absolute atomic E-state index is 0.195. The van der Waals surface area contributed by atoms with E-state index >= 15 is 0 Å². The number of nitrogens with zero attached hydrogens (tertiary/aromatic N) is 2. The van der Waals surface area contributed by atoms with E-state index in [9.17, 15) is 8.78 Å². The van der Waals surface area contributed by atoms with Crippen molar-refractivity contribution in [1.82, 2.24) is 15.5 Å². The first-order valence-corrected chi connectivity index (χ1v) is 8.68. The summed E-state index contributed by atoms with van der Waals surface area (Å²) < 4.78 is 31.9. The molecule has 1 heterocycles. The molecule has 140 valence electrons. The molecule has 1 fully saturated rings. The molecule has 7 heteroatoms. The highest BCUT2D eigenvalue weighted by atomic mass is 19.2. The fourth-order valence-corrected chi connectivity index (χ4v) is 3.02. The first kappa shape index (κ1) is 19.6. The van der Waals surface area contributed by atoms with Crippen LogP contribution < -0.4 is 10.6 Å². The summed E-state index contributed by atoms with van der Waals surface area (Å²) in [5.74, 6) is -1.05. The lowest BCUT2D eigenvalue weighted by Gasteiger charge is -2.38. The van der Waals surface area contributed by atoms with E-state index in [1.54, 1.807) is 13.1 Å². The number of benzene rings is 1. The molecule has 0 aliphatic carbocycles. The Balaban J connectivity index is 1.88. The quantitative estimate of drug-likeness (QED) is 0.629. The molecule has 1 aromatic rings. The first-order chi connectivity index (χ1) is 11.9. The van der Waals surface area contributed by atoms with Gasteiger partial charge in [0.15, 0.2) is 17.6 Å². The van der Waals surface area contributed by atoms with Gasteiger partial charge in [-0.25, -0.2) is 8.78 Å². The summed E-state index contributed by atoms with van der Waals surface area (Å²) in [5, 5.41) is 6.51. The molecular formula is C18H28F2N4O. The van der Waals surface area contributed by atoms with E-state index < -0.39 is 11.6 Å². The number of rotatable bonds is 5. The van der Waals surface area contributed by atoms with Crippen molar-refractivity contribution in [2.75, 3.05) is 33.4 Å². The molecule has 0 amide bonds. The van der Waals surface area contributed by atoms with Gasteiger partial charge in [-0.05, 0) is 38.5 Å². The number of halogens is 2. The monoisotopic (exact) mass is 354 g/mol. The van der Waals surface area contributed by atoms with Crippen LogP contribution in [0.2, 0.25) is 0 Å². The lowest BCUT2D eigenvalue weighted by Crippen LogP contribution is -2.53. The van der Waals surface area contributed by atoms with Crippen LogP contribution in [0.1, 0.15) is 32.4 Å². The summed E-state index contributed by atoms with van der Waals surface area (Å²) in [4.78, 5) is 6.62. The highest BCUT2D eigenvalue weighted by Gasteiger charge is 2.23. The minimum atomic E-state index is -0.843. The fraction of sp³-hybridized carbons (Fsp3) is 0.611. The third-order valence-electron chi connectivity index (χ3n) is 4.57. The molecule has 0 spiro atoms. The van der Waals surface area contributed by atoms with Crippen LogP contribution in [-0.4, -0.2) is 56.3 Å². The van der Waals surface area contributed by atoms with Crippen LogP contribution in [0.5, 0.6) is 0 Å². The zero-order valence-electron chi connectivity index (χ0n) is 15.4. The van der Waals surface area contributed by atoms with Crippen LogP contribution in [0.15, 0.2) is 23.2 Å².